The van der Waals surface area contributed by atoms with Crippen molar-refractivity contribution in [2.75, 3.05) is 0 Å². The van der Waals surface area contributed by atoms with Crippen LogP contribution in [0, 0.1) is 0 Å². The van der Waals surface area contributed by atoms with Gasteiger partial charge in [-0.3, -0.25) is 0 Å². The first-order valence-electron chi connectivity index (χ1n) is 5.39. The summed E-state index contributed by atoms with van der Waals surface area (Å²) >= 11 is 0. The first-order chi connectivity index (χ1) is 8.70. The Morgan fingerprint density at radius 3 is 2.63 bits per heavy atom. The van der Waals surface area contributed by atoms with Gasteiger partial charge < -0.3 is 4.18 Å². The summed E-state index contributed by atoms with van der Waals surface area (Å²) in [4.78, 5) is -0.0129. The molecular formula is C11H12N2O4S2. The molecular weight excluding hydrogens is 288 g/mol. The van der Waals surface area contributed by atoms with Gasteiger partial charge in [0.1, 0.15) is 6.26 Å². The van der Waals surface area contributed by atoms with Crippen LogP contribution >= 0.6 is 0 Å². The molecule has 19 heavy (non-hydrogen) atoms. The minimum Gasteiger partial charge on any atom is -0.375 e. The molecule has 4 N–H and O–H groups in total. The maximum Gasteiger partial charge on any atom is 0.208 e. The summed E-state index contributed by atoms with van der Waals surface area (Å²) in [7, 11) is -8.33. The van der Waals surface area contributed by atoms with Crippen LogP contribution in [-0.2, 0) is 30.2 Å². The summed E-state index contributed by atoms with van der Waals surface area (Å²) in [6.07, 6.45) is 2.30. The van der Waals surface area contributed by atoms with E-state index in [2.05, 4.69) is 0 Å². The van der Waals surface area contributed by atoms with Crippen molar-refractivity contribution >= 4 is 19.6 Å². The topological polar surface area (TPSA) is 112 Å². The van der Waals surface area contributed by atoms with E-state index in [1.807, 2.05) is 0 Å². The van der Waals surface area contributed by atoms with Crippen molar-refractivity contribution < 1.29 is 16.8 Å². The number of sulfone groups is 1. The van der Waals surface area contributed by atoms with Gasteiger partial charge in [0.25, 0.3) is 0 Å². The van der Waals surface area contributed by atoms with Gasteiger partial charge in [0, 0.05) is 6.42 Å². The quantitative estimate of drug-likeness (QED) is 0.715. The van der Waals surface area contributed by atoms with Crippen molar-refractivity contribution in [1.29, 1.82) is 0 Å². The molecule has 1 aromatic rings. The highest BCUT2D eigenvalue weighted by Crippen LogP contribution is 2.42. The Bertz CT molecular complexity index is 815. The second-order valence-corrected chi connectivity index (χ2v) is 9.02. The Morgan fingerprint density at radius 2 is 1.89 bits per heavy atom. The number of benzene rings is 1. The summed E-state index contributed by atoms with van der Waals surface area (Å²) in [5.41, 5.74) is 0.509. The Kier molecular flexibility index (Phi) is 2.21. The highest BCUT2D eigenvalue weighted by atomic mass is 32.3. The van der Waals surface area contributed by atoms with Crippen LogP contribution in [0.1, 0.15) is 5.56 Å². The maximum atomic E-state index is 12.5. The van der Waals surface area contributed by atoms with E-state index >= 15 is 0 Å². The van der Waals surface area contributed by atoms with E-state index in [0.717, 1.165) is 6.26 Å². The lowest BCUT2D eigenvalue weighted by molar-refractivity contribution is 0.464. The van der Waals surface area contributed by atoms with E-state index in [4.69, 9.17) is 14.5 Å². The Labute approximate surface area is 110 Å². The molecule has 0 spiro atoms. The lowest BCUT2D eigenvalue weighted by atomic mass is 10.1. The maximum absolute atomic E-state index is 12.5. The van der Waals surface area contributed by atoms with Crippen molar-refractivity contribution in [3.05, 3.63) is 52.0 Å². The van der Waals surface area contributed by atoms with Crippen molar-refractivity contribution in [2.45, 2.75) is 11.3 Å². The van der Waals surface area contributed by atoms with Gasteiger partial charge >= 0.3 is 0 Å². The van der Waals surface area contributed by atoms with Crippen molar-refractivity contribution in [2.24, 2.45) is 10.3 Å². The summed E-state index contributed by atoms with van der Waals surface area (Å²) in [5, 5.41) is 11.2. The fraction of sp³-hybridized carbons (Fsp3) is 0.0909. The molecule has 102 valence electrons. The van der Waals surface area contributed by atoms with Gasteiger partial charge in [-0.1, -0.05) is 18.2 Å². The second-order valence-electron chi connectivity index (χ2n) is 4.47. The van der Waals surface area contributed by atoms with Gasteiger partial charge in [0.2, 0.25) is 9.84 Å². The molecule has 0 saturated carbocycles. The van der Waals surface area contributed by atoms with Gasteiger partial charge in [-0.15, -0.1) is 0 Å². The van der Waals surface area contributed by atoms with Crippen LogP contribution in [0.5, 0.6) is 0 Å². The number of fused-ring (bicyclic) bond motifs is 1. The molecule has 2 heterocycles. The normalized spacial score (nSPS) is 27.4. The summed E-state index contributed by atoms with van der Waals surface area (Å²) in [6.45, 7) is 0. The van der Waals surface area contributed by atoms with E-state index in [-0.39, 0.29) is 21.1 Å². The molecule has 1 aromatic carbocycles. The third-order valence-electron chi connectivity index (χ3n) is 3.14. The Hall–Kier alpha value is -1.48. The van der Waals surface area contributed by atoms with Crippen LogP contribution in [-0.4, -0.2) is 12.6 Å². The largest absolute Gasteiger partial charge is 0.375 e. The highest BCUT2D eigenvalue weighted by Gasteiger charge is 2.41. The fourth-order valence-corrected chi connectivity index (χ4v) is 5.94. The summed E-state index contributed by atoms with van der Waals surface area (Å²) in [5.74, 6) is 0. The number of rotatable bonds is 0. The van der Waals surface area contributed by atoms with Crippen LogP contribution < -0.4 is 10.3 Å². The van der Waals surface area contributed by atoms with Crippen molar-refractivity contribution in [3.63, 3.8) is 0 Å². The molecule has 0 bridgehead atoms. The third-order valence-corrected chi connectivity index (χ3v) is 7.05. The van der Waals surface area contributed by atoms with E-state index in [9.17, 15) is 12.6 Å². The summed E-state index contributed by atoms with van der Waals surface area (Å²) in [6, 6.07) is 6.47. The average molecular weight is 300 g/mol. The van der Waals surface area contributed by atoms with E-state index in [0.29, 0.717) is 5.56 Å². The van der Waals surface area contributed by atoms with Crippen LogP contribution in [0.3, 0.4) is 0 Å². The van der Waals surface area contributed by atoms with Crippen LogP contribution in [0.15, 0.2) is 51.3 Å². The van der Waals surface area contributed by atoms with Gasteiger partial charge in [0.05, 0.1) is 14.7 Å². The Morgan fingerprint density at radius 1 is 1.21 bits per heavy atom. The van der Waals surface area contributed by atoms with E-state index in [1.54, 1.807) is 18.2 Å². The third kappa shape index (κ3) is 1.68. The number of allylic oxidation sites excluding steroid dienone is 2. The van der Waals surface area contributed by atoms with Gasteiger partial charge in [0.15, 0.2) is 0 Å². The first kappa shape index (κ1) is 12.5. The predicted octanol–water partition coefficient (Wildman–Crippen LogP) is 0.254. The van der Waals surface area contributed by atoms with Crippen LogP contribution in [0.2, 0.25) is 0 Å². The SMILES string of the molecule is NS1(N)(=O)OC=CC2=C1Cc1ccccc1S2(=O)=O. The number of hydrogen-bond donors (Lipinski definition) is 2. The van der Waals surface area contributed by atoms with E-state index in [1.165, 1.54) is 12.1 Å². The molecule has 0 radical (unpaired) electrons. The molecule has 0 saturated heterocycles. The first-order valence-corrected chi connectivity index (χ1v) is 8.89. The molecule has 2 aliphatic rings. The van der Waals surface area contributed by atoms with Crippen LogP contribution in [0.4, 0.5) is 0 Å². The Balaban J connectivity index is 2.39. The second kappa shape index (κ2) is 3.34. The zero-order valence-electron chi connectivity index (χ0n) is 9.78. The summed E-state index contributed by atoms with van der Waals surface area (Å²) < 4.78 is 42.2. The monoisotopic (exact) mass is 300 g/mol. The van der Waals surface area contributed by atoms with E-state index < -0.39 is 19.6 Å². The zero-order chi connectivity index (χ0) is 13.9. The molecule has 3 rings (SSSR count). The van der Waals surface area contributed by atoms with Crippen LogP contribution in [0.25, 0.3) is 0 Å². The standard InChI is InChI=1S/C11H12N2O4S2/c12-19(13,16)11-7-8-3-1-2-4-9(8)18(14,15)10(11)5-6-17-19/h1-6H,7H2,(H4,12,13,16). The predicted molar refractivity (Wildman–Crippen MR) is 71.1 cm³/mol. The number of nitrogens with two attached hydrogens (primary N) is 2. The van der Waals surface area contributed by atoms with Gasteiger partial charge in [-0.2, -0.15) is 4.21 Å². The molecule has 0 fully saturated rings. The average Bonchev–Trinajstić information content (AvgIpc) is 2.30. The lowest BCUT2D eigenvalue weighted by Crippen LogP contribution is -2.56. The minimum absolute atomic E-state index is 0.0711. The zero-order valence-corrected chi connectivity index (χ0v) is 11.4. The molecule has 0 unspecified atom stereocenters. The van der Waals surface area contributed by atoms with Crippen molar-refractivity contribution in [3.8, 4) is 0 Å². The van der Waals surface area contributed by atoms with Gasteiger partial charge in [-0.25, -0.2) is 18.7 Å². The molecule has 8 heteroatoms. The fourth-order valence-electron chi connectivity index (χ4n) is 2.23. The minimum atomic E-state index is -4.56. The number of hydrogen-bond acceptors (Lipinski definition) is 4. The molecule has 0 aliphatic carbocycles. The molecule has 2 aliphatic heterocycles. The molecule has 0 atom stereocenters. The van der Waals surface area contributed by atoms with Crippen molar-refractivity contribution in [1.82, 2.24) is 0 Å². The van der Waals surface area contributed by atoms with Gasteiger partial charge in [-0.05, 0) is 27.4 Å². The molecule has 0 amide bonds. The molecule has 0 aromatic heterocycles. The highest BCUT2D eigenvalue weighted by molar-refractivity contribution is 8.16. The smallest absolute Gasteiger partial charge is 0.208 e. The molecule has 6 nitrogen and oxygen atoms in total. The lowest BCUT2D eigenvalue weighted by Gasteiger charge is -2.44.